The highest BCUT2D eigenvalue weighted by Gasteiger charge is 2.53. The van der Waals surface area contributed by atoms with E-state index in [1.165, 1.54) is 0 Å². The summed E-state index contributed by atoms with van der Waals surface area (Å²) in [5.74, 6) is -5.01. The number of fused-ring (bicyclic) bond motifs is 3. The average molecular weight is 658 g/mol. The molecule has 47 heavy (non-hydrogen) atoms. The molecule has 2 N–H and O–H groups in total. The lowest BCUT2D eigenvalue weighted by molar-refractivity contribution is -0.308. The summed E-state index contributed by atoms with van der Waals surface area (Å²) in [6, 6.07) is 13.7. The Kier molecular flexibility index (Phi) is 11.5. The monoisotopic (exact) mass is 657 g/mol. The number of carbonyl (C=O) groups is 6. The van der Waals surface area contributed by atoms with Crippen molar-refractivity contribution in [2.24, 2.45) is 0 Å². The quantitative estimate of drug-likeness (QED) is 0.248. The van der Waals surface area contributed by atoms with Crippen molar-refractivity contribution >= 4 is 35.9 Å². The van der Waals surface area contributed by atoms with Gasteiger partial charge in [-0.05, 0) is 22.3 Å². The summed E-state index contributed by atoms with van der Waals surface area (Å²) < 4.78 is 37.9. The fourth-order valence-corrected chi connectivity index (χ4v) is 5.47. The zero-order chi connectivity index (χ0) is 34.2. The number of alkyl carbamates (subject to hydrolysis) is 1. The molecule has 2 aromatic rings. The van der Waals surface area contributed by atoms with Gasteiger partial charge >= 0.3 is 35.9 Å². The Labute approximate surface area is 269 Å². The number of nitrogens with one attached hydrogen (secondary N) is 1. The van der Waals surface area contributed by atoms with E-state index in [4.69, 9.17) is 33.2 Å². The predicted molar refractivity (Wildman–Crippen MR) is 158 cm³/mol. The van der Waals surface area contributed by atoms with Crippen LogP contribution in [0.5, 0.6) is 0 Å². The number of benzene rings is 2. The minimum Gasteiger partial charge on any atom is -0.480 e. The second kappa shape index (κ2) is 15.5. The van der Waals surface area contributed by atoms with Gasteiger partial charge in [-0.25, -0.2) is 9.59 Å². The lowest BCUT2D eigenvalue weighted by atomic mass is 9.98. The Morgan fingerprint density at radius 2 is 1.26 bits per heavy atom. The van der Waals surface area contributed by atoms with Gasteiger partial charge in [0.15, 0.2) is 30.6 Å². The van der Waals surface area contributed by atoms with Gasteiger partial charge in [0.05, 0.1) is 6.61 Å². The van der Waals surface area contributed by atoms with E-state index in [1.54, 1.807) is 0 Å². The van der Waals surface area contributed by atoms with Crippen LogP contribution in [0.1, 0.15) is 44.7 Å². The van der Waals surface area contributed by atoms with Crippen LogP contribution in [0, 0.1) is 0 Å². The SMILES string of the molecule is CC(=O)OC[C@H]1O[C@@H](OC[C@H](NC(=O)OCC2c3ccccc3-c3ccccc32)C(=O)O)[C@H](OC(C)=O)[C@@H](OC(C)=O)[C@H]1OC(C)=O. The Bertz CT molecular complexity index is 1460. The molecule has 252 valence electrons. The largest absolute Gasteiger partial charge is 0.480 e. The number of carbonyl (C=O) groups excluding carboxylic acids is 5. The molecule has 1 aliphatic heterocycles. The summed E-state index contributed by atoms with van der Waals surface area (Å²) in [7, 11) is 0. The second-order valence-electron chi connectivity index (χ2n) is 10.8. The topological polar surface area (TPSA) is 199 Å². The smallest absolute Gasteiger partial charge is 0.407 e. The van der Waals surface area contributed by atoms with Crippen molar-refractivity contribution in [2.45, 2.75) is 70.4 Å². The van der Waals surface area contributed by atoms with Gasteiger partial charge in [0.1, 0.15) is 19.3 Å². The molecule has 2 aliphatic rings. The van der Waals surface area contributed by atoms with Gasteiger partial charge in [0.2, 0.25) is 0 Å². The molecule has 0 aromatic heterocycles. The van der Waals surface area contributed by atoms with Gasteiger partial charge in [0.25, 0.3) is 0 Å². The maximum atomic E-state index is 12.8. The number of rotatable bonds is 12. The third kappa shape index (κ3) is 8.83. The number of aliphatic carboxylic acids is 1. The molecule has 0 spiro atoms. The van der Waals surface area contributed by atoms with Crippen molar-refractivity contribution in [3.63, 3.8) is 0 Å². The van der Waals surface area contributed by atoms with Gasteiger partial charge in [-0.2, -0.15) is 0 Å². The first-order chi connectivity index (χ1) is 22.3. The predicted octanol–water partition coefficient (Wildman–Crippen LogP) is 2.08. The highest BCUT2D eigenvalue weighted by atomic mass is 16.7. The summed E-state index contributed by atoms with van der Waals surface area (Å²) in [6.07, 6.45) is -8.49. The van der Waals surface area contributed by atoms with Crippen LogP contribution in [0.15, 0.2) is 48.5 Å². The van der Waals surface area contributed by atoms with Crippen LogP contribution in [0.2, 0.25) is 0 Å². The molecule has 1 fully saturated rings. The van der Waals surface area contributed by atoms with Gasteiger partial charge in [-0.15, -0.1) is 0 Å². The van der Waals surface area contributed by atoms with E-state index in [1.807, 2.05) is 48.5 Å². The molecule has 1 aliphatic carbocycles. The molecule has 0 radical (unpaired) electrons. The Hall–Kier alpha value is -5.02. The molecule has 2 aromatic carbocycles. The number of ether oxygens (including phenoxy) is 7. The molecule has 6 atom stereocenters. The van der Waals surface area contributed by atoms with E-state index in [0.717, 1.165) is 49.9 Å². The van der Waals surface area contributed by atoms with Gasteiger partial charge in [-0.1, -0.05) is 48.5 Å². The molecule has 4 rings (SSSR count). The van der Waals surface area contributed by atoms with E-state index >= 15 is 0 Å². The normalized spacial score (nSPS) is 22.1. The number of amides is 1. The molecule has 15 heteroatoms. The highest BCUT2D eigenvalue weighted by molar-refractivity contribution is 5.81. The summed E-state index contributed by atoms with van der Waals surface area (Å²) in [6.45, 7) is 2.98. The lowest BCUT2D eigenvalue weighted by Gasteiger charge is -2.44. The Balaban J connectivity index is 1.48. The van der Waals surface area contributed by atoms with Crippen LogP contribution in [0.25, 0.3) is 11.1 Å². The Morgan fingerprint density at radius 1 is 0.723 bits per heavy atom. The molecule has 15 nitrogen and oxygen atoms in total. The highest BCUT2D eigenvalue weighted by Crippen LogP contribution is 2.44. The van der Waals surface area contributed by atoms with Gasteiger partial charge < -0.3 is 43.6 Å². The standard InChI is InChI=1S/C32H35NO14/c1-16(34)41-15-26-27(44-17(2)35)28(45-18(3)36)29(46-19(4)37)31(47-26)42-14-25(30(38)39)33-32(40)43-13-24-22-11-7-5-9-20(22)21-10-6-8-12-23(21)24/h5-12,24-29,31H,13-15H2,1-4H3,(H,33,40)(H,38,39)/t25-,26+,27-,28-,29+,31+/m0/s1. The zero-order valence-electron chi connectivity index (χ0n) is 26.0. The molecule has 0 bridgehead atoms. The molecular formula is C32H35NO14. The van der Waals surface area contributed by atoms with Crippen LogP contribution in [-0.4, -0.2) is 97.6 Å². The van der Waals surface area contributed by atoms with Crippen LogP contribution in [-0.2, 0) is 57.1 Å². The van der Waals surface area contributed by atoms with E-state index in [9.17, 15) is 33.9 Å². The van der Waals surface area contributed by atoms with E-state index in [-0.39, 0.29) is 12.5 Å². The molecular weight excluding hydrogens is 622 g/mol. The van der Waals surface area contributed by atoms with Crippen LogP contribution >= 0.6 is 0 Å². The van der Waals surface area contributed by atoms with Crippen molar-refractivity contribution in [3.8, 4) is 11.1 Å². The molecule has 0 unspecified atom stereocenters. The van der Waals surface area contributed by atoms with Gasteiger partial charge in [0, 0.05) is 33.6 Å². The van der Waals surface area contributed by atoms with Gasteiger partial charge in [-0.3, -0.25) is 19.2 Å². The second-order valence-corrected chi connectivity index (χ2v) is 10.8. The minimum absolute atomic E-state index is 0.0766. The maximum Gasteiger partial charge on any atom is 0.407 e. The number of hydrogen-bond acceptors (Lipinski definition) is 13. The fourth-order valence-electron chi connectivity index (χ4n) is 5.47. The van der Waals surface area contributed by atoms with Crippen molar-refractivity contribution in [3.05, 3.63) is 59.7 Å². The van der Waals surface area contributed by atoms with E-state index in [2.05, 4.69) is 5.32 Å². The van der Waals surface area contributed by atoms with Crippen molar-refractivity contribution in [1.82, 2.24) is 5.32 Å². The molecule has 0 saturated carbocycles. The first kappa shape index (κ1) is 34.8. The number of esters is 4. The lowest BCUT2D eigenvalue weighted by Crippen LogP contribution is -2.63. The first-order valence-corrected chi connectivity index (χ1v) is 14.6. The third-order valence-electron chi connectivity index (χ3n) is 7.31. The third-order valence-corrected chi connectivity index (χ3v) is 7.31. The summed E-state index contributed by atoms with van der Waals surface area (Å²) in [4.78, 5) is 72.4. The Morgan fingerprint density at radius 3 is 1.79 bits per heavy atom. The van der Waals surface area contributed by atoms with Crippen LogP contribution < -0.4 is 5.32 Å². The summed E-state index contributed by atoms with van der Waals surface area (Å²) in [5, 5.41) is 12.1. The minimum atomic E-state index is -1.68. The average Bonchev–Trinajstić information content (AvgIpc) is 3.32. The van der Waals surface area contributed by atoms with E-state index < -0.39 is 85.9 Å². The van der Waals surface area contributed by atoms with Crippen molar-refractivity contribution in [1.29, 1.82) is 0 Å². The van der Waals surface area contributed by atoms with Crippen LogP contribution in [0.4, 0.5) is 4.79 Å². The zero-order valence-corrected chi connectivity index (χ0v) is 26.0. The molecule has 1 saturated heterocycles. The van der Waals surface area contributed by atoms with Crippen LogP contribution in [0.3, 0.4) is 0 Å². The number of carboxylic acid groups (broad SMARTS) is 1. The number of carboxylic acids is 1. The number of hydrogen-bond donors (Lipinski definition) is 2. The molecule has 1 amide bonds. The fraction of sp³-hybridized carbons (Fsp3) is 0.438. The van der Waals surface area contributed by atoms with Crippen molar-refractivity contribution in [2.75, 3.05) is 19.8 Å². The molecule has 1 heterocycles. The van der Waals surface area contributed by atoms with Crippen molar-refractivity contribution < 1.29 is 67.0 Å². The van der Waals surface area contributed by atoms with E-state index in [0.29, 0.717) is 0 Å². The summed E-state index contributed by atoms with van der Waals surface area (Å²) >= 11 is 0. The summed E-state index contributed by atoms with van der Waals surface area (Å²) in [5.41, 5.74) is 3.95. The first-order valence-electron chi connectivity index (χ1n) is 14.6. The maximum absolute atomic E-state index is 12.8.